The van der Waals surface area contributed by atoms with Crippen molar-refractivity contribution in [3.05, 3.63) is 66.7 Å². The van der Waals surface area contributed by atoms with E-state index in [0.29, 0.717) is 50.8 Å². The van der Waals surface area contributed by atoms with Crippen LogP contribution in [0.5, 0.6) is 17.2 Å². The van der Waals surface area contributed by atoms with Gasteiger partial charge >= 0.3 is 11.9 Å². The molecule has 9 nitrogen and oxygen atoms in total. The summed E-state index contributed by atoms with van der Waals surface area (Å²) in [4.78, 5) is 23.8. The van der Waals surface area contributed by atoms with Gasteiger partial charge in [0, 0.05) is 31.3 Å². The van der Waals surface area contributed by atoms with Gasteiger partial charge < -0.3 is 33.2 Å². The van der Waals surface area contributed by atoms with Gasteiger partial charge in [-0.2, -0.15) is 0 Å². The Kier molecular flexibility index (Phi) is 17.4. The molecule has 0 heterocycles. The number of esters is 2. The molecule has 0 aliphatic heterocycles. The molecule has 0 radical (unpaired) electrons. The average Bonchev–Trinajstić information content (AvgIpc) is 2.98. The molecular weight excluding hydrogens is 528 g/mol. The lowest BCUT2D eigenvalue weighted by atomic mass is 10.3. The Hall–Kier alpha value is -3.56. The van der Waals surface area contributed by atoms with Gasteiger partial charge in [0.05, 0.1) is 26.4 Å². The summed E-state index contributed by atoms with van der Waals surface area (Å²) in [6.07, 6.45) is 2.48. The normalized spacial score (nSPS) is 11.4. The quantitative estimate of drug-likeness (QED) is 0.0963. The molecule has 2 aromatic rings. The second-order valence-electron chi connectivity index (χ2n) is 9.32. The number of carbonyl (C=O) groups is 2. The van der Waals surface area contributed by atoms with Gasteiger partial charge in [0.15, 0.2) is 6.10 Å². The van der Waals surface area contributed by atoms with Crippen LogP contribution in [0.4, 0.5) is 0 Å². The molecule has 2 aromatic carbocycles. The SMILES string of the molecule is C=C(C)C(=O)OCCCC(=O)OC(COCCCCOCCOc1cccc(OCCC)c1)COc1ccccc1. The van der Waals surface area contributed by atoms with Crippen LogP contribution >= 0.6 is 0 Å². The molecule has 0 spiro atoms. The van der Waals surface area contributed by atoms with Gasteiger partial charge in [-0.05, 0) is 56.9 Å². The number of ether oxygens (including phenoxy) is 7. The van der Waals surface area contributed by atoms with E-state index in [1.165, 1.54) is 0 Å². The highest BCUT2D eigenvalue weighted by molar-refractivity contribution is 5.86. The zero-order chi connectivity index (χ0) is 29.5. The number of unbranched alkanes of at least 4 members (excludes halogenated alkanes) is 1. The summed E-state index contributed by atoms with van der Waals surface area (Å²) in [5.74, 6) is 1.36. The molecular formula is C32H44O9. The lowest BCUT2D eigenvalue weighted by Crippen LogP contribution is -2.30. The fourth-order valence-electron chi connectivity index (χ4n) is 3.39. The highest BCUT2D eigenvalue weighted by atomic mass is 16.6. The van der Waals surface area contributed by atoms with Crippen molar-refractivity contribution in [3.63, 3.8) is 0 Å². The van der Waals surface area contributed by atoms with E-state index in [1.54, 1.807) is 6.92 Å². The fraction of sp³-hybridized carbons (Fsp3) is 0.500. The molecule has 0 fully saturated rings. The van der Waals surface area contributed by atoms with E-state index in [-0.39, 0.29) is 26.2 Å². The van der Waals surface area contributed by atoms with Crippen LogP contribution in [0.2, 0.25) is 0 Å². The largest absolute Gasteiger partial charge is 0.493 e. The average molecular weight is 573 g/mol. The van der Waals surface area contributed by atoms with E-state index in [2.05, 4.69) is 13.5 Å². The minimum absolute atomic E-state index is 0.116. The second-order valence-corrected chi connectivity index (χ2v) is 9.32. The lowest BCUT2D eigenvalue weighted by molar-refractivity contribution is -0.155. The molecule has 0 aromatic heterocycles. The van der Waals surface area contributed by atoms with Crippen molar-refractivity contribution in [2.24, 2.45) is 0 Å². The smallest absolute Gasteiger partial charge is 0.333 e. The van der Waals surface area contributed by atoms with Crippen molar-refractivity contribution in [2.75, 3.05) is 52.9 Å². The van der Waals surface area contributed by atoms with Crippen LogP contribution in [0.25, 0.3) is 0 Å². The minimum Gasteiger partial charge on any atom is -0.493 e. The zero-order valence-corrected chi connectivity index (χ0v) is 24.3. The van der Waals surface area contributed by atoms with Crippen molar-refractivity contribution in [3.8, 4) is 17.2 Å². The molecule has 1 atom stereocenters. The molecule has 0 saturated carbocycles. The summed E-state index contributed by atoms with van der Waals surface area (Å²) < 4.78 is 39.1. The van der Waals surface area contributed by atoms with Gasteiger partial charge in [0.2, 0.25) is 0 Å². The molecule has 0 amide bonds. The highest BCUT2D eigenvalue weighted by Crippen LogP contribution is 2.19. The third-order valence-electron chi connectivity index (χ3n) is 5.49. The van der Waals surface area contributed by atoms with E-state index in [9.17, 15) is 9.59 Å². The zero-order valence-electron chi connectivity index (χ0n) is 24.3. The van der Waals surface area contributed by atoms with E-state index in [1.807, 2.05) is 54.6 Å². The Labute approximate surface area is 243 Å². The van der Waals surface area contributed by atoms with Crippen molar-refractivity contribution in [2.45, 2.75) is 52.1 Å². The first-order valence-electron chi connectivity index (χ1n) is 14.2. The molecule has 0 N–H and O–H groups in total. The Balaban J connectivity index is 1.59. The standard InChI is InChI=1S/C32H44O9/c1-4-17-37-28-14-10-15-29(23-28)38-22-21-35-18-8-9-19-36-24-30(25-40-27-12-6-5-7-13-27)41-31(33)16-11-20-39-32(34)26(2)3/h5-7,10,12-15,23,30H,2,4,8-9,11,16-22,24-25H2,1,3H3. The molecule has 0 bridgehead atoms. The first-order valence-corrected chi connectivity index (χ1v) is 14.2. The number of rotatable bonds is 23. The van der Waals surface area contributed by atoms with E-state index >= 15 is 0 Å². The number of para-hydroxylation sites is 1. The molecule has 2 rings (SSSR count). The highest BCUT2D eigenvalue weighted by Gasteiger charge is 2.16. The van der Waals surface area contributed by atoms with Gasteiger partial charge in [-0.15, -0.1) is 0 Å². The first kappa shape index (κ1) is 33.6. The number of hydrogen-bond donors (Lipinski definition) is 0. The van der Waals surface area contributed by atoms with Crippen molar-refractivity contribution in [1.82, 2.24) is 0 Å². The van der Waals surface area contributed by atoms with Gasteiger partial charge in [0.25, 0.3) is 0 Å². The van der Waals surface area contributed by atoms with Crippen molar-refractivity contribution in [1.29, 1.82) is 0 Å². The summed E-state index contributed by atoms with van der Waals surface area (Å²) >= 11 is 0. The van der Waals surface area contributed by atoms with E-state index in [4.69, 9.17) is 33.2 Å². The maximum atomic E-state index is 12.3. The van der Waals surface area contributed by atoms with Gasteiger partial charge in [0.1, 0.15) is 30.5 Å². The van der Waals surface area contributed by atoms with Crippen LogP contribution in [0.15, 0.2) is 66.7 Å². The van der Waals surface area contributed by atoms with Crippen LogP contribution in [0.3, 0.4) is 0 Å². The van der Waals surface area contributed by atoms with Crippen molar-refractivity contribution < 1.29 is 42.7 Å². The maximum absolute atomic E-state index is 12.3. The molecule has 226 valence electrons. The van der Waals surface area contributed by atoms with Crippen molar-refractivity contribution >= 4 is 11.9 Å². The molecule has 41 heavy (non-hydrogen) atoms. The number of hydrogen-bond acceptors (Lipinski definition) is 9. The Morgan fingerprint density at radius 2 is 1.41 bits per heavy atom. The van der Waals surface area contributed by atoms with E-state index in [0.717, 1.165) is 30.8 Å². The van der Waals surface area contributed by atoms with Gasteiger partial charge in [-0.25, -0.2) is 4.79 Å². The van der Waals surface area contributed by atoms with E-state index < -0.39 is 18.0 Å². The predicted molar refractivity (Wildman–Crippen MR) is 155 cm³/mol. The summed E-state index contributed by atoms with van der Waals surface area (Å²) in [5.41, 5.74) is 0.318. The number of benzene rings is 2. The lowest BCUT2D eigenvalue weighted by Gasteiger charge is -2.19. The van der Waals surface area contributed by atoms with Crippen LogP contribution in [0, 0.1) is 0 Å². The van der Waals surface area contributed by atoms with Crippen LogP contribution in [-0.2, 0) is 28.5 Å². The Morgan fingerprint density at radius 1 is 0.732 bits per heavy atom. The monoisotopic (exact) mass is 572 g/mol. The third-order valence-corrected chi connectivity index (χ3v) is 5.49. The predicted octanol–water partition coefficient (Wildman–Crippen LogP) is 5.56. The fourth-order valence-corrected chi connectivity index (χ4v) is 3.39. The molecule has 0 saturated heterocycles. The number of carbonyl (C=O) groups excluding carboxylic acids is 2. The second kappa shape index (κ2) is 21.2. The minimum atomic E-state index is -0.569. The van der Waals surface area contributed by atoms with Gasteiger partial charge in [-0.1, -0.05) is 37.8 Å². The molecule has 0 aliphatic rings. The first-order chi connectivity index (χ1) is 20.0. The van der Waals surface area contributed by atoms with Crippen LogP contribution < -0.4 is 14.2 Å². The molecule has 9 heteroatoms. The third kappa shape index (κ3) is 16.3. The Morgan fingerprint density at radius 3 is 2.12 bits per heavy atom. The summed E-state index contributed by atoms with van der Waals surface area (Å²) in [6.45, 7) is 10.4. The Bertz CT molecular complexity index is 1010. The summed E-state index contributed by atoms with van der Waals surface area (Å²) in [5, 5.41) is 0. The molecule has 0 aliphatic carbocycles. The maximum Gasteiger partial charge on any atom is 0.333 e. The summed E-state index contributed by atoms with van der Waals surface area (Å²) in [7, 11) is 0. The van der Waals surface area contributed by atoms with Crippen LogP contribution in [-0.4, -0.2) is 70.9 Å². The topological polar surface area (TPSA) is 98.8 Å². The van der Waals surface area contributed by atoms with Gasteiger partial charge in [-0.3, -0.25) is 4.79 Å². The molecule has 1 unspecified atom stereocenters. The summed E-state index contributed by atoms with van der Waals surface area (Å²) in [6, 6.07) is 16.9. The van der Waals surface area contributed by atoms with Crippen LogP contribution in [0.1, 0.15) is 46.0 Å².